The lowest BCUT2D eigenvalue weighted by molar-refractivity contribution is -0.118. The lowest BCUT2D eigenvalue weighted by Gasteiger charge is -2.27. The average molecular weight is 509 g/mol. The molecule has 0 spiro atoms. The van der Waals surface area contributed by atoms with Gasteiger partial charge in [0.15, 0.2) is 0 Å². The Kier molecular flexibility index (Phi) is 7.17. The normalized spacial score (nSPS) is 13.5. The van der Waals surface area contributed by atoms with Gasteiger partial charge in [0.05, 0.1) is 6.61 Å². The Hall–Kier alpha value is -4.53. The summed E-state index contributed by atoms with van der Waals surface area (Å²) in [6.07, 6.45) is 0.616. The van der Waals surface area contributed by atoms with Gasteiger partial charge in [0.1, 0.15) is 6.04 Å². The molecule has 1 heterocycles. The second-order valence-electron chi connectivity index (χ2n) is 9.18. The highest BCUT2D eigenvalue weighted by atomic mass is 16.3. The highest BCUT2D eigenvalue weighted by molar-refractivity contribution is 6.25. The summed E-state index contributed by atoms with van der Waals surface area (Å²) in [5.74, 6) is -0.928. The van der Waals surface area contributed by atoms with Gasteiger partial charge >= 0.3 is 0 Å². The number of benzene rings is 4. The van der Waals surface area contributed by atoms with Crippen molar-refractivity contribution in [1.29, 1.82) is 0 Å². The molecule has 0 fully saturated rings. The number of aliphatic hydroxyl groups is 1. The Morgan fingerprint density at radius 1 is 0.816 bits per heavy atom. The molecule has 1 unspecified atom stereocenters. The summed E-state index contributed by atoms with van der Waals surface area (Å²) in [4.78, 5) is 39.2. The molecule has 8 heteroatoms. The van der Waals surface area contributed by atoms with E-state index in [1.807, 2.05) is 60.7 Å². The maximum Gasteiger partial charge on any atom is 0.261 e. The van der Waals surface area contributed by atoms with E-state index < -0.39 is 18.6 Å². The molecule has 4 aromatic carbocycles. The Labute approximate surface area is 220 Å². The molecule has 0 aliphatic carbocycles. The lowest BCUT2D eigenvalue weighted by atomic mass is 9.94. The summed E-state index contributed by atoms with van der Waals surface area (Å²) in [5.41, 5.74) is 10.2. The van der Waals surface area contributed by atoms with Gasteiger partial charge in [-0.2, -0.15) is 0 Å². The maximum absolute atomic E-state index is 13.0. The standard InChI is InChI=1S/C30H28N4O4/c31-26(18-35)28(36)33-23-14-10-20(11-15-23)19-8-12-22(13-9-19)32-16-3-17-34-29(37)24-6-1-4-21-5-2-7-25(27(21)24)30(34)38/h1-2,4-15,26,32,35H,3,16-18,31H2,(H,33,36). The first kappa shape index (κ1) is 25.1. The number of hydrogen-bond acceptors (Lipinski definition) is 6. The Morgan fingerprint density at radius 2 is 1.37 bits per heavy atom. The minimum Gasteiger partial charge on any atom is -0.394 e. The molecule has 8 nitrogen and oxygen atoms in total. The summed E-state index contributed by atoms with van der Waals surface area (Å²) < 4.78 is 0. The van der Waals surface area contributed by atoms with Crippen molar-refractivity contribution in [3.63, 3.8) is 0 Å². The number of carbonyl (C=O) groups excluding carboxylic acids is 3. The van der Waals surface area contributed by atoms with Gasteiger partial charge in [0, 0.05) is 41.0 Å². The van der Waals surface area contributed by atoms with E-state index in [1.165, 1.54) is 4.90 Å². The van der Waals surface area contributed by atoms with E-state index in [2.05, 4.69) is 10.6 Å². The SMILES string of the molecule is NC(CO)C(=O)Nc1ccc(-c2ccc(NCCCN3C(=O)c4cccc5cccc(c45)C3=O)cc2)cc1. The van der Waals surface area contributed by atoms with Crippen molar-refractivity contribution >= 4 is 39.9 Å². The molecule has 0 bridgehead atoms. The second kappa shape index (κ2) is 10.8. The van der Waals surface area contributed by atoms with Gasteiger partial charge in [0.2, 0.25) is 5.91 Å². The third-order valence-electron chi connectivity index (χ3n) is 6.65. The largest absolute Gasteiger partial charge is 0.394 e. The molecular formula is C30H28N4O4. The van der Waals surface area contributed by atoms with Gasteiger partial charge in [-0.15, -0.1) is 0 Å². The highest BCUT2D eigenvalue weighted by Gasteiger charge is 2.32. The van der Waals surface area contributed by atoms with E-state index in [9.17, 15) is 14.4 Å². The van der Waals surface area contributed by atoms with Gasteiger partial charge in [-0.25, -0.2) is 0 Å². The third kappa shape index (κ3) is 5.00. The van der Waals surface area contributed by atoms with Gasteiger partial charge in [-0.1, -0.05) is 48.5 Å². The zero-order valence-electron chi connectivity index (χ0n) is 20.7. The molecular weight excluding hydrogens is 480 g/mol. The zero-order valence-corrected chi connectivity index (χ0v) is 20.7. The molecule has 38 heavy (non-hydrogen) atoms. The fraction of sp³-hybridized carbons (Fsp3) is 0.167. The quantitative estimate of drug-likeness (QED) is 0.201. The molecule has 3 amide bonds. The summed E-state index contributed by atoms with van der Waals surface area (Å²) in [6, 6.07) is 25.4. The average Bonchev–Trinajstić information content (AvgIpc) is 2.95. The topological polar surface area (TPSA) is 125 Å². The molecule has 5 N–H and O–H groups in total. The number of hydrogen-bond donors (Lipinski definition) is 4. The van der Waals surface area contributed by atoms with E-state index >= 15 is 0 Å². The molecule has 1 aliphatic rings. The van der Waals surface area contributed by atoms with Crippen LogP contribution in [0.1, 0.15) is 27.1 Å². The van der Waals surface area contributed by atoms with Crippen molar-refractivity contribution in [3.05, 3.63) is 96.1 Å². The van der Waals surface area contributed by atoms with Gasteiger partial charge in [-0.3, -0.25) is 19.3 Å². The van der Waals surface area contributed by atoms with Crippen molar-refractivity contribution in [2.45, 2.75) is 12.5 Å². The summed E-state index contributed by atoms with van der Waals surface area (Å²) in [5, 5.41) is 16.6. The number of nitrogens with one attached hydrogen (secondary N) is 2. The highest BCUT2D eigenvalue weighted by Crippen LogP contribution is 2.30. The Balaban J connectivity index is 1.15. The number of carbonyl (C=O) groups is 3. The number of rotatable bonds is 9. The van der Waals surface area contributed by atoms with E-state index in [-0.39, 0.29) is 11.8 Å². The van der Waals surface area contributed by atoms with Crippen LogP contribution < -0.4 is 16.4 Å². The van der Waals surface area contributed by atoms with Crippen LogP contribution in [-0.2, 0) is 4.79 Å². The predicted octanol–water partition coefficient (Wildman–Crippen LogP) is 3.86. The van der Waals surface area contributed by atoms with Crippen LogP contribution in [0.4, 0.5) is 11.4 Å². The summed E-state index contributed by atoms with van der Waals surface area (Å²) in [7, 11) is 0. The van der Waals surface area contributed by atoms with Crippen molar-refractivity contribution in [2.24, 2.45) is 5.73 Å². The summed E-state index contributed by atoms with van der Waals surface area (Å²) in [6.45, 7) is 0.524. The van der Waals surface area contributed by atoms with Crippen LogP contribution >= 0.6 is 0 Å². The lowest BCUT2D eigenvalue weighted by Crippen LogP contribution is -2.41. The Bertz CT molecular complexity index is 1450. The van der Waals surface area contributed by atoms with Crippen LogP contribution in [0.5, 0.6) is 0 Å². The zero-order chi connectivity index (χ0) is 26.6. The van der Waals surface area contributed by atoms with Crippen LogP contribution in [0.25, 0.3) is 21.9 Å². The van der Waals surface area contributed by atoms with Gasteiger partial charge in [-0.05, 0) is 59.3 Å². The summed E-state index contributed by atoms with van der Waals surface area (Å²) >= 11 is 0. The Morgan fingerprint density at radius 3 is 1.92 bits per heavy atom. The van der Waals surface area contributed by atoms with E-state index in [4.69, 9.17) is 10.8 Å². The fourth-order valence-corrected chi connectivity index (χ4v) is 4.60. The number of amides is 3. The van der Waals surface area contributed by atoms with Crippen molar-refractivity contribution < 1.29 is 19.5 Å². The third-order valence-corrected chi connectivity index (χ3v) is 6.65. The van der Waals surface area contributed by atoms with Crippen LogP contribution in [0.15, 0.2) is 84.9 Å². The molecule has 0 saturated heterocycles. The molecule has 0 aromatic heterocycles. The predicted molar refractivity (Wildman–Crippen MR) is 148 cm³/mol. The minimum atomic E-state index is -0.956. The molecule has 0 radical (unpaired) electrons. The maximum atomic E-state index is 13.0. The monoisotopic (exact) mass is 508 g/mol. The molecule has 1 atom stereocenters. The first-order valence-electron chi connectivity index (χ1n) is 12.5. The van der Waals surface area contributed by atoms with Crippen LogP contribution in [0, 0.1) is 0 Å². The number of aliphatic hydroxyl groups excluding tert-OH is 1. The van der Waals surface area contributed by atoms with Crippen molar-refractivity contribution in [1.82, 2.24) is 4.90 Å². The van der Waals surface area contributed by atoms with E-state index in [0.717, 1.165) is 27.6 Å². The minimum absolute atomic E-state index is 0.245. The molecule has 1 aliphatic heterocycles. The number of nitrogens with zero attached hydrogens (tertiary/aromatic N) is 1. The van der Waals surface area contributed by atoms with Crippen LogP contribution in [-0.4, -0.2) is 53.5 Å². The second-order valence-corrected chi connectivity index (χ2v) is 9.18. The van der Waals surface area contributed by atoms with Gasteiger partial charge in [0.25, 0.3) is 11.8 Å². The molecule has 5 rings (SSSR count). The van der Waals surface area contributed by atoms with Gasteiger partial charge < -0.3 is 21.5 Å². The molecule has 0 saturated carbocycles. The first-order chi connectivity index (χ1) is 18.5. The molecule has 192 valence electrons. The van der Waals surface area contributed by atoms with E-state index in [0.29, 0.717) is 36.3 Å². The van der Waals surface area contributed by atoms with Crippen molar-refractivity contribution in [2.75, 3.05) is 30.3 Å². The van der Waals surface area contributed by atoms with Crippen LogP contribution in [0.2, 0.25) is 0 Å². The van der Waals surface area contributed by atoms with Crippen molar-refractivity contribution in [3.8, 4) is 11.1 Å². The number of nitrogens with two attached hydrogens (primary N) is 1. The number of anilines is 2. The first-order valence-corrected chi connectivity index (χ1v) is 12.5. The smallest absolute Gasteiger partial charge is 0.261 e. The molecule has 4 aromatic rings. The van der Waals surface area contributed by atoms with Crippen LogP contribution in [0.3, 0.4) is 0 Å². The van der Waals surface area contributed by atoms with E-state index in [1.54, 1.807) is 24.3 Å². The number of imide groups is 1. The fourth-order valence-electron chi connectivity index (χ4n) is 4.60.